The molecular formula is C9H6N2O2. The van der Waals surface area contributed by atoms with E-state index in [1.165, 1.54) is 0 Å². The number of benzene rings is 1. The number of aromatic nitrogens is 2. The molecule has 0 bridgehead atoms. The van der Waals surface area contributed by atoms with Crippen LogP contribution in [-0.4, -0.2) is 16.0 Å². The maximum Gasteiger partial charge on any atom is 0.288 e. The normalized spacial score (nSPS) is 9.85. The molecule has 0 aliphatic heterocycles. The Morgan fingerprint density at radius 2 is 2.00 bits per heavy atom. The first kappa shape index (κ1) is 7.67. The molecule has 0 radical (unpaired) electrons. The third-order valence-corrected chi connectivity index (χ3v) is 1.59. The highest BCUT2D eigenvalue weighted by atomic mass is 16.4. The van der Waals surface area contributed by atoms with Gasteiger partial charge in [-0.3, -0.25) is 4.79 Å². The summed E-state index contributed by atoms with van der Waals surface area (Å²) in [4.78, 5) is 11.5. The van der Waals surface area contributed by atoms with Gasteiger partial charge in [0.05, 0.1) is 0 Å². The van der Waals surface area contributed by atoms with Gasteiger partial charge in [-0.05, 0) is 0 Å². The first-order valence-corrected chi connectivity index (χ1v) is 3.74. The summed E-state index contributed by atoms with van der Waals surface area (Å²) in [5.74, 6) is -0.232. The number of carbonyl (C=O) groups excluding carboxylic acids is 1. The summed E-state index contributed by atoms with van der Waals surface area (Å²) in [6, 6.07) is 8.80. The first-order chi connectivity index (χ1) is 6.38. The van der Waals surface area contributed by atoms with Crippen molar-refractivity contribution in [3.05, 3.63) is 48.2 Å². The second-order valence-electron chi connectivity index (χ2n) is 2.44. The van der Waals surface area contributed by atoms with Gasteiger partial charge in [0, 0.05) is 5.56 Å². The summed E-state index contributed by atoms with van der Waals surface area (Å²) in [5.41, 5.74) is 0.548. The molecule has 0 unspecified atom stereocenters. The highest BCUT2D eigenvalue weighted by Crippen LogP contribution is 2.05. The van der Waals surface area contributed by atoms with Gasteiger partial charge in [-0.15, -0.1) is 10.2 Å². The third kappa shape index (κ3) is 1.46. The number of hydrogen-bond acceptors (Lipinski definition) is 4. The second-order valence-corrected chi connectivity index (χ2v) is 2.44. The van der Waals surface area contributed by atoms with Crippen LogP contribution in [0, 0.1) is 0 Å². The van der Waals surface area contributed by atoms with Crippen molar-refractivity contribution in [3.63, 3.8) is 0 Å². The monoisotopic (exact) mass is 174 g/mol. The van der Waals surface area contributed by atoms with Crippen molar-refractivity contribution in [2.45, 2.75) is 0 Å². The predicted molar refractivity (Wildman–Crippen MR) is 44.2 cm³/mol. The largest absolute Gasteiger partial charge is 0.421 e. The van der Waals surface area contributed by atoms with Crippen LogP contribution in [0.1, 0.15) is 16.2 Å². The van der Waals surface area contributed by atoms with Crippen LogP contribution in [0.25, 0.3) is 0 Å². The molecule has 4 nitrogen and oxygen atoms in total. The van der Waals surface area contributed by atoms with E-state index in [-0.39, 0.29) is 11.7 Å². The van der Waals surface area contributed by atoms with E-state index in [2.05, 4.69) is 10.2 Å². The third-order valence-electron chi connectivity index (χ3n) is 1.59. The Hall–Kier alpha value is -1.97. The van der Waals surface area contributed by atoms with E-state index in [9.17, 15) is 4.79 Å². The molecule has 0 aliphatic carbocycles. The number of carbonyl (C=O) groups is 1. The zero-order valence-corrected chi connectivity index (χ0v) is 6.68. The standard InChI is InChI=1S/C9H6N2O2/c12-8(9-11-10-6-13-9)7-4-2-1-3-5-7/h1-6H. The molecule has 1 aromatic heterocycles. The van der Waals surface area contributed by atoms with Crippen molar-refractivity contribution in [3.8, 4) is 0 Å². The van der Waals surface area contributed by atoms with Crippen molar-refractivity contribution in [2.24, 2.45) is 0 Å². The number of ketones is 1. The van der Waals surface area contributed by atoms with E-state index in [4.69, 9.17) is 4.42 Å². The highest BCUT2D eigenvalue weighted by Gasteiger charge is 2.12. The van der Waals surface area contributed by atoms with Gasteiger partial charge in [0.1, 0.15) is 0 Å². The summed E-state index contributed by atoms with van der Waals surface area (Å²) >= 11 is 0. The Balaban J connectivity index is 2.34. The van der Waals surface area contributed by atoms with Crippen LogP contribution in [-0.2, 0) is 0 Å². The van der Waals surface area contributed by atoms with E-state index in [0.29, 0.717) is 5.56 Å². The van der Waals surface area contributed by atoms with Gasteiger partial charge in [0.2, 0.25) is 12.2 Å². The van der Waals surface area contributed by atoms with Crippen LogP contribution in [0.5, 0.6) is 0 Å². The minimum Gasteiger partial charge on any atom is -0.421 e. The fourth-order valence-electron chi connectivity index (χ4n) is 0.985. The molecule has 0 fully saturated rings. The molecule has 1 aromatic carbocycles. The Morgan fingerprint density at radius 1 is 1.23 bits per heavy atom. The molecule has 0 saturated carbocycles. The zero-order chi connectivity index (χ0) is 9.10. The summed E-state index contributed by atoms with van der Waals surface area (Å²) < 4.78 is 4.78. The van der Waals surface area contributed by atoms with Gasteiger partial charge < -0.3 is 4.42 Å². The van der Waals surface area contributed by atoms with Crippen molar-refractivity contribution in [2.75, 3.05) is 0 Å². The van der Waals surface area contributed by atoms with E-state index in [1.807, 2.05) is 6.07 Å². The fraction of sp³-hybridized carbons (Fsp3) is 0. The van der Waals surface area contributed by atoms with E-state index >= 15 is 0 Å². The lowest BCUT2D eigenvalue weighted by molar-refractivity contribution is 0.100. The summed E-state index contributed by atoms with van der Waals surface area (Å²) in [7, 11) is 0. The average molecular weight is 174 g/mol. The fourth-order valence-corrected chi connectivity index (χ4v) is 0.985. The Morgan fingerprint density at radius 3 is 2.62 bits per heavy atom. The second kappa shape index (κ2) is 3.18. The summed E-state index contributed by atoms with van der Waals surface area (Å²) in [6.45, 7) is 0. The molecule has 0 spiro atoms. The van der Waals surface area contributed by atoms with E-state index in [1.54, 1.807) is 24.3 Å². The molecule has 64 valence electrons. The van der Waals surface area contributed by atoms with Crippen LogP contribution in [0.15, 0.2) is 41.1 Å². The van der Waals surface area contributed by atoms with E-state index in [0.717, 1.165) is 6.39 Å². The topological polar surface area (TPSA) is 56.0 Å². The first-order valence-electron chi connectivity index (χ1n) is 3.74. The van der Waals surface area contributed by atoms with Crippen LogP contribution in [0.4, 0.5) is 0 Å². The lowest BCUT2D eigenvalue weighted by atomic mass is 10.1. The summed E-state index contributed by atoms with van der Waals surface area (Å²) in [5, 5.41) is 6.96. The van der Waals surface area contributed by atoms with Crippen LogP contribution in [0.3, 0.4) is 0 Å². The molecule has 0 saturated heterocycles. The Bertz CT molecular complexity index is 395. The quantitative estimate of drug-likeness (QED) is 0.644. The molecule has 2 aromatic rings. The number of rotatable bonds is 2. The van der Waals surface area contributed by atoms with Gasteiger partial charge in [-0.1, -0.05) is 30.3 Å². The molecule has 2 rings (SSSR count). The molecule has 0 N–H and O–H groups in total. The molecule has 13 heavy (non-hydrogen) atoms. The minimum absolute atomic E-state index is 0.0196. The molecule has 0 atom stereocenters. The van der Waals surface area contributed by atoms with Gasteiger partial charge in [-0.25, -0.2) is 0 Å². The Kier molecular flexibility index (Phi) is 1.88. The number of hydrogen-bond donors (Lipinski definition) is 0. The molecule has 1 heterocycles. The zero-order valence-electron chi connectivity index (χ0n) is 6.68. The smallest absolute Gasteiger partial charge is 0.288 e. The van der Waals surface area contributed by atoms with Crippen LogP contribution >= 0.6 is 0 Å². The van der Waals surface area contributed by atoms with Gasteiger partial charge >= 0.3 is 0 Å². The maximum absolute atomic E-state index is 11.5. The van der Waals surface area contributed by atoms with E-state index < -0.39 is 0 Å². The van der Waals surface area contributed by atoms with Crippen LogP contribution in [0.2, 0.25) is 0 Å². The van der Waals surface area contributed by atoms with Gasteiger partial charge in [-0.2, -0.15) is 0 Å². The maximum atomic E-state index is 11.5. The van der Waals surface area contributed by atoms with Crippen LogP contribution < -0.4 is 0 Å². The van der Waals surface area contributed by atoms with Crippen molar-refractivity contribution in [1.82, 2.24) is 10.2 Å². The minimum atomic E-state index is -0.252. The number of nitrogens with zero attached hydrogens (tertiary/aromatic N) is 2. The average Bonchev–Trinajstić information content (AvgIpc) is 2.71. The van der Waals surface area contributed by atoms with Gasteiger partial charge in [0.25, 0.3) is 5.89 Å². The lowest BCUT2D eigenvalue weighted by Crippen LogP contribution is -2.00. The predicted octanol–water partition coefficient (Wildman–Crippen LogP) is 1.30. The molecule has 0 amide bonds. The summed E-state index contributed by atoms with van der Waals surface area (Å²) in [6.07, 6.45) is 1.14. The highest BCUT2D eigenvalue weighted by molar-refractivity contribution is 6.05. The lowest BCUT2D eigenvalue weighted by Gasteiger charge is -1.92. The molecule has 4 heteroatoms. The van der Waals surface area contributed by atoms with Gasteiger partial charge in [0.15, 0.2) is 0 Å². The van der Waals surface area contributed by atoms with Crippen molar-refractivity contribution < 1.29 is 9.21 Å². The Labute approximate surface area is 74.2 Å². The molecular weight excluding hydrogens is 168 g/mol. The SMILES string of the molecule is O=C(c1ccccc1)c1nnco1. The van der Waals surface area contributed by atoms with Crippen molar-refractivity contribution in [1.29, 1.82) is 0 Å². The van der Waals surface area contributed by atoms with Crippen molar-refractivity contribution >= 4 is 5.78 Å². The molecule has 0 aliphatic rings.